The lowest BCUT2D eigenvalue weighted by molar-refractivity contribution is 0.990. The lowest BCUT2D eigenvalue weighted by Gasteiger charge is -2.22. The Hall–Kier alpha value is -3.26. The fourth-order valence-electron chi connectivity index (χ4n) is 3.83. The number of anilines is 4. The Labute approximate surface area is 160 Å². The minimum atomic E-state index is 0.817. The van der Waals surface area contributed by atoms with Gasteiger partial charge in [0.15, 0.2) is 0 Å². The summed E-state index contributed by atoms with van der Waals surface area (Å²) in [6, 6.07) is 30.8. The van der Waals surface area contributed by atoms with Gasteiger partial charge in [-0.05, 0) is 61.0 Å². The van der Waals surface area contributed by atoms with Crippen molar-refractivity contribution in [3.63, 3.8) is 0 Å². The van der Waals surface area contributed by atoms with Crippen LogP contribution in [0.2, 0.25) is 0 Å². The van der Waals surface area contributed by atoms with Crippen molar-refractivity contribution < 1.29 is 0 Å². The first-order valence-electron chi connectivity index (χ1n) is 9.40. The topological polar surface area (TPSA) is 6.48 Å². The second kappa shape index (κ2) is 6.17. The molecule has 4 aromatic carbocycles. The zero-order valence-electron chi connectivity index (χ0n) is 15.7. The summed E-state index contributed by atoms with van der Waals surface area (Å²) in [5, 5.41) is 2.55. The minimum Gasteiger partial charge on any atom is -0.321 e. The molecule has 27 heavy (non-hydrogen) atoms. The number of aryl methyl sites for hydroxylation is 2. The Morgan fingerprint density at radius 1 is 0.556 bits per heavy atom. The molecule has 0 saturated heterocycles. The molecule has 0 amide bonds. The van der Waals surface area contributed by atoms with Crippen molar-refractivity contribution in [2.75, 3.05) is 16.5 Å². The maximum absolute atomic E-state index is 2.40. The van der Waals surface area contributed by atoms with E-state index in [1.54, 1.807) is 0 Å². The summed E-state index contributed by atoms with van der Waals surface area (Å²) in [6.45, 7) is 5.08. The van der Waals surface area contributed by atoms with E-state index in [4.69, 9.17) is 0 Å². The third-order valence-corrected chi connectivity index (χ3v) is 5.40. The molecule has 132 valence electrons. The second-order valence-corrected chi connectivity index (χ2v) is 7.36. The first kappa shape index (κ1) is 16.0. The molecule has 5 rings (SSSR count). The molecule has 2 heteroatoms. The second-order valence-electron chi connectivity index (χ2n) is 7.36. The van der Waals surface area contributed by atoms with Crippen LogP contribution in [0.25, 0.3) is 10.8 Å². The van der Waals surface area contributed by atoms with E-state index in [0.29, 0.717) is 0 Å². The Balaban J connectivity index is 1.69. The molecule has 1 heterocycles. The van der Waals surface area contributed by atoms with Gasteiger partial charge in [0.05, 0.1) is 11.4 Å². The average molecular weight is 350 g/mol. The number of nitrogens with zero attached hydrogens (tertiary/aromatic N) is 2. The first-order valence-corrected chi connectivity index (χ1v) is 9.40. The highest BCUT2D eigenvalue weighted by Gasteiger charge is 2.28. The van der Waals surface area contributed by atoms with Gasteiger partial charge in [0.25, 0.3) is 0 Å². The van der Waals surface area contributed by atoms with E-state index in [1.807, 2.05) is 0 Å². The fraction of sp³-hybridized carbons (Fsp3) is 0.120. The van der Waals surface area contributed by atoms with Crippen molar-refractivity contribution in [2.24, 2.45) is 0 Å². The van der Waals surface area contributed by atoms with Crippen LogP contribution in [0.1, 0.15) is 11.1 Å². The molecule has 4 aromatic rings. The van der Waals surface area contributed by atoms with E-state index in [-0.39, 0.29) is 0 Å². The number of fused-ring (bicyclic) bond motifs is 2. The normalized spacial score (nSPS) is 13.3. The molecule has 0 aromatic heterocycles. The Morgan fingerprint density at radius 2 is 0.963 bits per heavy atom. The van der Waals surface area contributed by atoms with Gasteiger partial charge >= 0.3 is 0 Å². The van der Waals surface area contributed by atoms with E-state index in [0.717, 1.165) is 6.67 Å². The van der Waals surface area contributed by atoms with Crippen LogP contribution in [-0.2, 0) is 0 Å². The lowest BCUT2D eigenvalue weighted by Crippen LogP contribution is -2.23. The fourth-order valence-corrected chi connectivity index (χ4v) is 3.83. The van der Waals surface area contributed by atoms with E-state index in [1.165, 1.54) is 44.6 Å². The van der Waals surface area contributed by atoms with Gasteiger partial charge in [0, 0.05) is 11.4 Å². The molecule has 0 aliphatic carbocycles. The van der Waals surface area contributed by atoms with Gasteiger partial charge < -0.3 is 9.80 Å². The molecule has 0 unspecified atom stereocenters. The first-order chi connectivity index (χ1) is 13.2. The van der Waals surface area contributed by atoms with Crippen molar-refractivity contribution in [1.82, 2.24) is 0 Å². The molecule has 2 nitrogen and oxygen atoms in total. The summed E-state index contributed by atoms with van der Waals surface area (Å²) in [6.07, 6.45) is 0. The van der Waals surface area contributed by atoms with Crippen molar-refractivity contribution in [3.8, 4) is 0 Å². The van der Waals surface area contributed by atoms with Crippen molar-refractivity contribution >= 4 is 33.5 Å². The molecule has 0 atom stereocenters. The van der Waals surface area contributed by atoms with Crippen LogP contribution in [0.15, 0.2) is 84.9 Å². The predicted molar refractivity (Wildman–Crippen MR) is 115 cm³/mol. The Bertz CT molecular complexity index is 1020. The van der Waals surface area contributed by atoms with Crippen LogP contribution in [0.5, 0.6) is 0 Å². The quantitative estimate of drug-likeness (QED) is 0.397. The van der Waals surface area contributed by atoms with Gasteiger partial charge in [-0.1, -0.05) is 59.7 Å². The van der Waals surface area contributed by atoms with E-state index >= 15 is 0 Å². The summed E-state index contributed by atoms with van der Waals surface area (Å²) < 4.78 is 0. The number of benzene rings is 4. The van der Waals surface area contributed by atoms with Crippen LogP contribution < -0.4 is 9.80 Å². The molecule has 0 spiro atoms. The highest BCUT2D eigenvalue weighted by molar-refractivity contribution is 5.98. The Kier molecular flexibility index (Phi) is 3.64. The van der Waals surface area contributed by atoms with Gasteiger partial charge in [-0.3, -0.25) is 0 Å². The zero-order valence-corrected chi connectivity index (χ0v) is 15.7. The number of hydrogen-bond acceptors (Lipinski definition) is 2. The summed E-state index contributed by atoms with van der Waals surface area (Å²) in [7, 11) is 0. The predicted octanol–water partition coefficient (Wildman–Crippen LogP) is 6.70. The van der Waals surface area contributed by atoms with E-state index in [9.17, 15) is 0 Å². The highest BCUT2D eigenvalue weighted by Crippen LogP contribution is 2.46. The third kappa shape index (κ3) is 2.74. The molecular weight excluding hydrogens is 328 g/mol. The molecule has 0 fully saturated rings. The van der Waals surface area contributed by atoms with Crippen LogP contribution >= 0.6 is 0 Å². The van der Waals surface area contributed by atoms with Gasteiger partial charge in [-0.15, -0.1) is 0 Å². The average Bonchev–Trinajstić information content (AvgIpc) is 3.06. The van der Waals surface area contributed by atoms with Gasteiger partial charge in [-0.25, -0.2) is 0 Å². The van der Waals surface area contributed by atoms with E-state index in [2.05, 4.69) is 109 Å². The van der Waals surface area contributed by atoms with Crippen molar-refractivity contribution in [3.05, 3.63) is 96.1 Å². The smallest absolute Gasteiger partial charge is 0.100 e. The van der Waals surface area contributed by atoms with Gasteiger partial charge in [-0.2, -0.15) is 0 Å². The SMILES string of the molecule is Cc1ccc(N2CN(c3ccc(C)cc3)c3cc4ccccc4cc32)cc1. The Morgan fingerprint density at radius 3 is 1.37 bits per heavy atom. The summed E-state index contributed by atoms with van der Waals surface area (Å²) >= 11 is 0. The zero-order chi connectivity index (χ0) is 18.4. The van der Waals surface area contributed by atoms with Crippen molar-refractivity contribution in [2.45, 2.75) is 13.8 Å². The molecule has 0 N–H and O–H groups in total. The highest BCUT2D eigenvalue weighted by atomic mass is 15.4. The largest absolute Gasteiger partial charge is 0.321 e. The monoisotopic (exact) mass is 350 g/mol. The maximum atomic E-state index is 2.40. The minimum absolute atomic E-state index is 0.817. The van der Waals surface area contributed by atoms with Crippen LogP contribution in [0.4, 0.5) is 22.7 Å². The lowest BCUT2D eigenvalue weighted by atomic mass is 10.1. The van der Waals surface area contributed by atoms with Gasteiger partial charge in [0.1, 0.15) is 6.67 Å². The molecular formula is C25H22N2. The van der Waals surface area contributed by atoms with Crippen LogP contribution in [0, 0.1) is 13.8 Å². The third-order valence-electron chi connectivity index (χ3n) is 5.40. The molecule has 0 radical (unpaired) electrons. The molecule has 1 aliphatic heterocycles. The van der Waals surface area contributed by atoms with Crippen LogP contribution in [0.3, 0.4) is 0 Å². The molecule has 0 bridgehead atoms. The number of hydrogen-bond donors (Lipinski definition) is 0. The summed E-state index contributed by atoms with van der Waals surface area (Å²) in [5.41, 5.74) is 7.55. The standard InChI is InChI=1S/C25H22N2/c1-18-7-11-22(12-8-18)26-17-27(23-13-9-19(2)10-14-23)25-16-21-6-4-3-5-20(21)15-24(25)26/h3-16H,17H2,1-2H3. The molecule has 1 aliphatic rings. The van der Waals surface area contributed by atoms with E-state index < -0.39 is 0 Å². The van der Waals surface area contributed by atoms with Gasteiger partial charge in [0.2, 0.25) is 0 Å². The summed E-state index contributed by atoms with van der Waals surface area (Å²) in [5.74, 6) is 0. The maximum Gasteiger partial charge on any atom is 0.100 e. The van der Waals surface area contributed by atoms with Crippen molar-refractivity contribution in [1.29, 1.82) is 0 Å². The van der Waals surface area contributed by atoms with Crippen LogP contribution in [-0.4, -0.2) is 6.67 Å². The molecule has 0 saturated carbocycles. The number of rotatable bonds is 2. The summed E-state index contributed by atoms with van der Waals surface area (Å²) in [4.78, 5) is 4.81.